The van der Waals surface area contributed by atoms with Gasteiger partial charge in [-0.3, -0.25) is 4.79 Å². The third-order valence-corrected chi connectivity index (χ3v) is 5.12. The summed E-state index contributed by atoms with van der Waals surface area (Å²) in [4.78, 5) is 14.6. The van der Waals surface area contributed by atoms with Gasteiger partial charge in [0.2, 0.25) is 5.91 Å². The van der Waals surface area contributed by atoms with Crippen molar-refractivity contribution in [2.24, 2.45) is 5.92 Å². The molecule has 140 valence electrons. The van der Waals surface area contributed by atoms with Gasteiger partial charge in [-0.15, -0.1) is 12.4 Å². The molecule has 1 atom stereocenters. The number of nitrogens with one attached hydrogen (secondary N) is 1. The van der Waals surface area contributed by atoms with E-state index in [-0.39, 0.29) is 42.4 Å². The Labute approximate surface area is 152 Å². The molecule has 0 bridgehead atoms. The molecule has 7 heteroatoms. The lowest BCUT2D eigenvalue weighted by Crippen LogP contribution is -2.42. The zero-order chi connectivity index (χ0) is 17.2. The van der Waals surface area contributed by atoms with Crippen molar-refractivity contribution < 1.29 is 18.0 Å². The Kier molecular flexibility index (Phi) is 6.74. The van der Waals surface area contributed by atoms with Gasteiger partial charge in [0.1, 0.15) is 0 Å². The summed E-state index contributed by atoms with van der Waals surface area (Å²) in [5.41, 5.74) is -0.443. The van der Waals surface area contributed by atoms with Crippen molar-refractivity contribution in [2.45, 2.75) is 50.9 Å². The lowest BCUT2D eigenvalue weighted by Gasteiger charge is -2.32. The molecule has 25 heavy (non-hydrogen) atoms. The van der Waals surface area contributed by atoms with E-state index < -0.39 is 11.7 Å². The molecule has 1 amide bonds. The fraction of sp³-hybridized carbons (Fsp3) is 0.611. The van der Waals surface area contributed by atoms with E-state index in [1.807, 2.05) is 0 Å². The molecule has 0 aromatic heterocycles. The fourth-order valence-corrected chi connectivity index (χ4v) is 3.82. The summed E-state index contributed by atoms with van der Waals surface area (Å²) in [6.07, 6.45) is 0.232. The van der Waals surface area contributed by atoms with Gasteiger partial charge in [-0.25, -0.2) is 0 Å². The van der Waals surface area contributed by atoms with E-state index in [1.165, 1.54) is 12.1 Å². The fourth-order valence-electron chi connectivity index (χ4n) is 3.82. The third kappa shape index (κ3) is 4.67. The molecular formula is C18H24ClF3N2O. The van der Waals surface area contributed by atoms with Crippen molar-refractivity contribution in [2.75, 3.05) is 13.1 Å². The van der Waals surface area contributed by atoms with Gasteiger partial charge < -0.3 is 10.2 Å². The van der Waals surface area contributed by atoms with Crippen LogP contribution in [-0.4, -0.2) is 29.9 Å². The predicted molar refractivity (Wildman–Crippen MR) is 92.5 cm³/mol. The smallest absolute Gasteiger partial charge is 0.335 e. The van der Waals surface area contributed by atoms with Gasteiger partial charge in [-0.05, 0) is 37.4 Å². The molecule has 1 saturated heterocycles. The van der Waals surface area contributed by atoms with E-state index in [2.05, 4.69) is 5.32 Å². The summed E-state index contributed by atoms with van der Waals surface area (Å²) < 4.78 is 39.8. The lowest BCUT2D eigenvalue weighted by atomic mass is 10.0. The maximum absolute atomic E-state index is 13.3. The standard InChI is InChI=1S/C18H23F3N2O.ClH/c19-18(20,21)16-8-4-1-5-14(16)12-23(15-6-2-3-7-15)17(24)13-9-10-22-11-13;/h1,4-5,8,13,15,22H,2-3,6-7,9-12H2;1H. The Bertz CT molecular complexity index is 582. The highest BCUT2D eigenvalue weighted by molar-refractivity contribution is 5.85. The first kappa shape index (κ1) is 20.0. The van der Waals surface area contributed by atoms with E-state index in [0.717, 1.165) is 44.7 Å². The number of amides is 1. The molecule has 1 aromatic rings. The number of alkyl halides is 3. The number of hydrogen-bond donors (Lipinski definition) is 1. The molecule has 1 saturated carbocycles. The molecule has 2 fully saturated rings. The summed E-state index contributed by atoms with van der Waals surface area (Å²) in [5, 5.41) is 3.17. The Morgan fingerprint density at radius 3 is 2.44 bits per heavy atom. The highest BCUT2D eigenvalue weighted by Gasteiger charge is 2.36. The minimum Gasteiger partial charge on any atom is -0.335 e. The number of carbonyl (C=O) groups is 1. The topological polar surface area (TPSA) is 32.3 Å². The van der Waals surface area contributed by atoms with Crippen LogP contribution in [0.2, 0.25) is 0 Å². The van der Waals surface area contributed by atoms with Crippen molar-refractivity contribution in [3.05, 3.63) is 35.4 Å². The van der Waals surface area contributed by atoms with Gasteiger partial charge in [-0.2, -0.15) is 13.2 Å². The van der Waals surface area contributed by atoms with Gasteiger partial charge in [0, 0.05) is 19.1 Å². The van der Waals surface area contributed by atoms with Crippen molar-refractivity contribution in [3.8, 4) is 0 Å². The second-order valence-corrected chi connectivity index (χ2v) is 6.75. The first-order valence-electron chi connectivity index (χ1n) is 8.63. The lowest BCUT2D eigenvalue weighted by molar-refractivity contribution is -0.142. The Balaban J connectivity index is 0.00000225. The van der Waals surface area contributed by atoms with Gasteiger partial charge in [0.15, 0.2) is 0 Å². The van der Waals surface area contributed by atoms with Crippen molar-refractivity contribution in [3.63, 3.8) is 0 Å². The number of hydrogen-bond acceptors (Lipinski definition) is 2. The van der Waals surface area contributed by atoms with Gasteiger partial charge in [0.05, 0.1) is 11.5 Å². The van der Waals surface area contributed by atoms with Gasteiger partial charge in [0.25, 0.3) is 0 Å². The van der Waals surface area contributed by atoms with Crippen LogP contribution in [0.3, 0.4) is 0 Å². The average Bonchev–Trinajstić information content (AvgIpc) is 3.24. The van der Waals surface area contributed by atoms with Crippen LogP contribution in [0.25, 0.3) is 0 Å². The zero-order valence-electron chi connectivity index (χ0n) is 14.0. The summed E-state index contributed by atoms with van der Waals surface area (Å²) in [7, 11) is 0. The van der Waals surface area contributed by atoms with E-state index in [0.29, 0.717) is 6.54 Å². The second-order valence-electron chi connectivity index (χ2n) is 6.75. The van der Waals surface area contributed by atoms with Crippen LogP contribution in [0.15, 0.2) is 24.3 Å². The summed E-state index contributed by atoms with van der Waals surface area (Å²) in [5.74, 6) is -0.104. The first-order chi connectivity index (χ1) is 11.5. The van der Waals surface area contributed by atoms with Gasteiger partial charge >= 0.3 is 6.18 Å². The molecule has 1 aliphatic carbocycles. The summed E-state index contributed by atoms with van der Waals surface area (Å²) >= 11 is 0. The zero-order valence-corrected chi connectivity index (χ0v) is 14.8. The number of halogens is 4. The molecule has 1 N–H and O–H groups in total. The van der Waals surface area contributed by atoms with Crippen LogP contribution in [0.5, 0.6) is 0 Å². The van der Waals surface area contributed by atoms with Crippen LogP contribution >= 0.6 is 12.4 Å². The monoisotopic (exact) mass is 376 g/mol. The van der Waals surface area contributed by atoms with Crippen LogP contribution < -0.4 is 5.32 Å². The highest BCUT2D eigenvalue weighted by atomic mass is 35.5. The van der Waals surface area contributed by atoms with Gasteiger partial charge in [-0.1, -0.05) is 31.0 Å². The largest absolute Gasteiger partial charge is 0.416 e. The third-order valence-electron chi connectivity index (χ3n) is 5.12. The Morgan fingerprint density at radius 1 is 1.16 bits per heavy atom. The maximum atomic E-state index is 13.3. The summed E-state index contributed by atoms with van der Waals surface area (Å²) in [6, 6.07) is 5.67. The van der Waals surface area contributed by atoms with E-state index in [9.17, 15) is 18.0 Å². The number of benzene rings is 1. The van der Waals surface area contributed by atoms with Crippen LogP contribution in [0.1, 0.15) is 43.2 Å². The minimum atomic E-state index is -4.39. The minimum absolute atomic E-state index is 0. The van der Waals surface area contributed by atoms with E-state index in [4.69, 9.17) is 0 Å². The van der Waals surface area contributed by atoms with Crippen LogP contribution in [0.4, 0.5) is 13.2 Å². The molecule has 3 nitrogen and oxygen atoms in total. The van der Waals surface area contributed by atoms with Crippen LogP contribution in [-0.2, 0) is 17.5 Å². The first-order valence-corrected chi connectivity index (χ1v) is 8.63. The molecule has 2 aliphatic rings. The van der Waals surface area contributed by atoms with Crippen molar-refractivity contribution in [1.82, 2.24) is 10.2 Å². The quantitative estimate of drug-likeness (QED) is 0.861. The number of rotatable bonds is 4. The molecular weight excluding hydrogens is 353 g/mol. The number of nitrogens with zero attached hydrogens (tertiary/aromatic N) is 1. The molecule has 1 heterocycles. The second kappa shape index (κ2) is 8.41. The SMILES string of the molecule is Cl.O=C(C1CCNC1)N(Cc1ccccc1C(F)(F)F)C1CCCC1. The normalized spacial score (nSPS) is 21.2. The highest BCUT2D eigenvalue weighted by Crippen LogP contribution is 2.34. The number of carbonyl (C=O) groups excluding carboxylic acids is 1. The summed E-state index contributed by atoms with van der Waals surface area (Å²) in [6.45, 7) is 1.48. The van der Waals surface area contributed by atoms with Crippen LogP contribution in [0, 0.1) is 5.92 Å². The average molecular weight is 377 g/mol. The Morgan fingerprint density at radius 2 is 1.84 bits per heavy atom. The molecule has 1 aromatic carbocycles. The van der Waals surface area contributed by atoms with Crippen molar-refractivity contribution >= 4 is 18.3 Å². The van der Waals surface area contributed by atoms with E-state index in [1.54, 1.807) is 11.0 Å². The molecule has 0 spiro atoms. The van der Waals surface area contributed by atoms with E-state index >= 15 is 0 Å². The predicted octanol–water partition coefficient (Wildman–Crippen LogP) is 4.01. The molecule has 1 unspecified atom stereocenters. The molecule has 0 radical (unpaired) electrons. The Hall–Kier alpha value is -1.27. The van der Waals surface area contributed by atoms with Crippen molar-refractivity contribution in [1.29, 1.82) is 0 Å². The molecule has 3 rings (SSSR count). The molecule has 1 aliphatic heterocycles. The maximum Gasteiger partial charge on any atom is 0.416 e.